The van der Waals surface area contributed by atoms with Crippen molar-refractivity contribution in [1.29, 1.82) is 0 Å². The third kappa shape index (κ3) is 2.93. The fraction of sp³-hybridized carbons (Fsp3) is 0.190. The van der Waals surface area contributed by atoms with Gasteiger partial charge in [0, 0.05) is 24.7 Å². The summed E-state index contributed by atoms with van der Waals surface area (Å²) in [5.41, 5.74) is 2.53. The Bertz CT molecular complexity index is 1180. The van der Waals surface area contributed by atoms with Crippen molar-refractivity contribution in [2.75, 3.05) is 30.4 Å². The van der Waals surface area contributed by atoms with Gasteiger partial charge in [-0.1, -0.05) is 29.5 Å². The number of fused-ring (bicyclic) bond motifs is 2. The van der Waals surface area contributed by atoms with Crippen molar-refractivity contribution >= 4 is 49.2 Å². The number of pyridine rings is 1. The summed E-state index contributed by atoms with van der Waals surface area (Å²) in [6.07, 6.45) is 1.74. The first-order valence-corrected chi connectivity index (χ1v) is 9.87. The second-order valence-corrected chi connectivity index (χ2v) is 7.81. The lowest BCUT2D eigenvalue weighted by Crippen LogP contribution is -2.52. The predicted octanol–water partition coefficient (Wildman–Crippen LogP) is 3.93. The standard InChI is InChI=1S/C21H18N4O2S/c1-27-15-7-8-16-18(10-15)28-21(24-16)25-11-14(12-25)20(26)23-17-6-2-4-13-5-3-9-22-19(13)17/h2-10,14H,11-12H2,1H3,(H,23,26). The lowest BCUT2D eigenvalue weighted by molar-refractivity contribution is -0.120. The van der Waals surface area contributed by atoms with Crippen molar-refractivity contribution < 1.29 is 9.53 Å². The number of hydrogen-bond acceptors (Lipinski definition) is 6. The fourth-order valence-electron chi connectivity index (χ4n) is 3.40. The van der Waals surface area contributed by atoms with Crippen LogP contribution in [0, 0.1) is 5.92 Å². The summed E-state index contributed by atoms with van der Waals surface area (Å²) in [6, 6.07) is 15.6. The van der Waals surface area contributed by atoms with Crippen LogP contribution >= 0.6 is 11.3 Å². The Balaban J connectivity index is 1.28. The maximum atomic E-state index is 12.7. The van der Waals surface area contributed by atoms with Crippen molar-refractivity contribution in [3.05, 3.63) is 54.7 Å². The van der Waals surface area contributed by atoms with Crippen molar-refractivity contribution in [3.63, 3.8) is 0 Å². The topological polar surface area (TPSA) is 67.3 Å². The number of anilines is 2. The number of rotatable bonds is 4. The molecule has 1 amide bonds. The number of amides is 1. The van der Waals surface area contributed by atoms with Crippen molar-refractivity contribution in [2.45, 2.75) is 0 Å². The number of carbonyl (C=O) groups is 1. The molecule has 0 aliphatic carbocycles. The van der Waals surface area contributed by atoms with E-state index in [0.29, 0.717) is 13.1 Å². The molecule has 140 valence electrons. The number of carbonyl (C=O) groups excluding carboxylic acids is 1. The first-order chi connectivity index (χ1) is 13.7. The van der Waals surface area contributed by atoms with Gasteiger partial charge in [-0.25, -0.2) is 4.98 Å². The maximum Gasteiger partial charge on any atom is 0.231 e. The number of hydrogen-bond donors (Lipinski definition) is 1. The zero-order chi connectivity index (χ0) is 19.1. The lowest BCUT2D eigenvalue weighted by Gasteiger charge is -2.37. The fourth-order valence-corrected chi connectivity index (χ4v) is 4.41. The van der Waals surface area contributed by atoms with Gasteiger partial charge in [0.1, 0.15) is 5.75 Å². The predicted molar refractivity (Wildman–Crippen MR) is 112 cm³/mol. The normalized spacial score (nSPS) is 14.2. The largest absolute Gasteiger partial charge is 0.497 e. The molecule has 1 aliphatic rings. The summed E-state index contributed by atoms with van der Waals surface area (Å²) in [7, 11) is 1.66. The minimum atomic E-state index is -0.0551. The van der Waals surface area contributed by atoms with Crippen LogP contribution in [0.1, 0.15) is 0 Å². The highest BCUT2D eigenvalue weighted by molar-refractivity contribution is 7.22. The number of ether oxygens (including phenoxy) is 1. The average Bonchev–Trinajstić information content (AvgIpc) is 3.09. The summed E-state index contributed by atoms with van der Waals surface area (Å²) in [6.45, 7) is 1.34. The first-order valence-electron chi connectivity index (χ1n) is 9.05. The Kier molecular flexibility index (Phi) is 4.09. The molecule has 0 atom stereocenters. The highest BCUT2D eigenvalue weighted by Gasteiger charge is 2.34. The lowest BCUT2D eigenvalue weighted by atomic mass is 10.00. The Hall–Kier alpha value is -3.19. The van der Waals surface area contributed by atoms with Gasteiger partial charge in [-0.15, -0.1) is 0 Å². The van der Waals surface area contributed by atoms with Gasteiger partial charge in [0.05, 0.1) is 34.4 Å². The van der Waals surface area contributed by atoms with E-state index in [4.69, 9.17) is 4.74 Å². The number of thiazole rings is 1. The average molecular weight is 390 g/mol. The molecule has 0 radical (unpaired) electrons. The van der Waals surface area contributed by atoms with Crippen LogP contribution < -0.4 is 15.0 Å². The quantitative estimate of drug-likeness (QED) is 0.572. The van der Waals surface area contributed by atoms with Crippen LogP contribution in [0.2, 0.25) is 0 Å². The van der Waals surface area contributed by atoms with Gasteiger partial charge in [-0.05, 0) is 30.3 Å². The Labute approximate surface area is 165 Å². The molecule has 7 heteroatoms. The van der Waals surface area contributed by atoms with E-state index in [0.717, 1.165) is 37.7 Å². The van der Waals surface area contributed by atoms with E-state index < -0.39 is 0 Å². The van der Waals surface area contributed by atoms with Crippen LogP contribution in [0.4, 0.5) is 10.8 Å². The van der Waals surface area contributed by atoms with Crippen LogP contribution in [-0.2, 0) is 4.79 Å². The summed E-state index contributed by atoms with van der Waals surface area (Å²) in [5.74, 6) is 0.796. The van der Waals surface area contributed by atoms with E-state index in [1.807, 2.05) is 48.5 Å². The highest BCUT2D eigenvalue weighted by Crippen LogP contribution is 2.35. The van der Waals surface area contributed by atoms with Gasteiger partial charge in [0.2, 0.25) is 5.91 Å². The number of nitrogens with zero attached hydrogens (tertiary/aromatic N) is 3. The molecule has 2 aromatic heterocycles. The number of aromatic nitrogens is 2. The van der Waals surface area contributed by atoms with Gasteiger partial charge in [0.25, 0.3) is 0 Å². The molecule has 0 bridgehead atoms. The molecular formula is C21H18N4O2S. The van der Waals surface area contributed by atoms with Crippen molar-refractivity contribution in [3.8, 4) is 5.75 Å². The zero-order valence-electron chi connectivity index (χ0n) is 15.3. The number of benzene rings is 2. The molecule has 6 nitrogen and oxygen atoms in total. The van der Waals surface area contributed by atoms with E-state index in [1.165, 1.54) is 0 Å². The highest BCUT2D eigenvalue weighted by atomic mass is 32.1. The smallest absolute Gasteiger partial charge is 0.231 e. The van der Waals surface area contributed by atoms with Crippen LogP contribution in [0.15, 0.2) is 54.7 Å². The third-order valence-electron chi connectivity index (χ3n) is 5.00. The Morgan fingerprint density at radius 3 is 2.93 bits per heavy atom. The minimum Gasteiger partial charge on any atom is -0.497 e. The second-order valence-electron chi connectivity index (χ2n) is 6.80. The summed E-state index contributed by atoms with van der Waals surface area (Å²) >= 11 is 1.62. The van der Waals surface area contributed by atoms with E-state index in [-0.39, 0.29) is 11.8 Å². The molecule has 1 aliphatic heterocycles. The number of para-hydroxylation sites is 1. The van der Waals surface area contributed by atoms with Gasteiger partial charge >= 0.3 is 0 Å². The third-order valence-corrected chi connectivity index (χ3v) is 6.08. The molecule has 0 unspecified atom stereocenters. The summed E-state index contributed by atoms with van der Waals surface area (Å²) in [5, 5.41) is 5.00. The van der Waals surface area contributed by atoms with Crippen LogP contribution in [0.5, 0.6) is 5.75 Å². The Morgan fingerprint density at radius 2 is 2.07 bits per heavy atom. The molecule has 5 rings (SSSR count). The second kappa shape index (κ2) is 6.76. The molecule has 0 saturated carbocycles. The van der Waals surface area contributed by atoms with Crippen LogP contribution in [0.3, 0.4) is 0 Å². The molecule has 1 fully saturated rings. The van der Waals surface area contributed by atoms with Crippen molar-refractivity contribution in [1.82, 2.24) is 9.97 Å². The van der Waals surface area contributed by atoms with Crippen LogP contribution in [0.25, 0.3) is 21.1 Å². The van der Waals surface area contributed by atoms with Gasteiger partial charge < -0.3 is 15.0 Å². The minimum absolute atomic E-state index is 0.0252. The summed E-state index contributed by atoms with van der Waals surface area (Å²) in [4.78, 5) is 23.9. The Morgan fingerprint density at radius 1 is 1.21 bits per heavy atom. The van der Waals surface area contributed by atoms with Gasteiger partial charge in [0.15, 0.2) is 5.13 Å². The number of methoxy groups -OCH3 is 1. The van der Waals surface area contributed by atoms with Gasteiger partial charge in [-0.3, -0.25) is 9.78 Å². The van der Waals surface area contributed by atoms with E-state index >= 15 is 0 Å². The molecule has 1 saturated heterocycles. The molecule has 1 N–H and O–H groups in total. The van der Waals surface area contributed by atoms with Crippen LogP contribution in [-0.4, -0.2) is 36.1 Å². The molecule has 0 spiro atoms. The van der Waals surface area contributed by atoms with Crippen molar-refractivity contribution in [2.24, 2.45) is 5.92 Å². The SMILES string of the molecule is COc1ccc2nc(N3CC(C(=O)Nc4cccc5cccnc45)C3)sc2c1. The zero-order valence-corrected chi connectivity index (χ0v) is 16.1. The molecule has 3 heterocycles. The van der Waals surface area contributed by atoms with Gasteiger partial charge in [-0.2, -0.15) is 0 Å². The van der Waals surface area contributed by atoms with E-state index in [2.05, 4.69) is 20.2 Å². The molecule has 2 aromatic carbocycles. The molecule has 28 heavy (non-hydrogen) atoms. The molecule has 4 aromatic rings. The molecular weight excluding hydrogens is 372 g/mol. The monoisotopic (exact) mass is 390 g/mol. The maximum absolute atomic E-state index is 12.7. The summed E-state index contributed by atoms with van der Waals surface area (Å²) < 4.78 is 6.36. The number of nitrogens with one attached hydrogen (secondary N) is 1. The van der Waals surface area contributed by atoms with E-state index in [1.54, 1.807) is 24.6 Å². The van der Waals surface area contributed by atoms with E-state index in [9.17, 15) is 4.79 Å². The first kappa shape index (κ1) is 16.9.